The molecule has 0 aliphatic carbocycles. The minimum atomic E-state index is -0.571. The number of nitrogens with two attached hydrogens (primary N) is 1. The molecule has 1 aromatic carbocycles. The first-order chi connectivity index (χ1) is 8.45. The van der Waals surface area contributed by atoms with Crippen molar-refractivity contribution in [3.05, 3.63) is 35.6 Å². The molecule has 0 aromatic heterocycles. The summed E-state index contributed by atoms with van der Waals surface area (Å²) in [5.41, 5.74) is 6.28. The van der Waals surface area contributed by atoms with Gasteiger partial charge in [0, 0.05) is 7.11 Å². The highest BCUT2D eigenvalue weighted by Gasteiger charge is 2.21. The van der Waals surface area contributed by atoms with Crippen molar-refractivity contribution in [2.75, 3.05) is 7.11 Å². The van der Waals surface area contributed by atoms with E-state index in [0.29, 0.717) is 0 Å². The topological polar surface area (TPSA) is 64.3 Å². The fraction of sp³-hybridized carbons (Fsp3) is 0.462. The fourth-order valence-electron chi connectivity index (χ4n) is 1.71. The number of carbonyl (C=O) groups is 1. The van der Waals surface area contributed by atoms with Crippen LogP contribution < -0.4 is 11.1 Å². The first-order valence-corrected chi connectivity index (χ1v) is 5.80. The number of benzene rings is 1. The molecule has 3 atom stereocenters. The summed E-state index contributed by atoms with van der Waals surface area (Å²) in [5, 5.41) is 2.76. The number of amides is 1. The van der Waals surface area contributed by atoms with Gasteiger partial charge in [0.2, 0.25) is 5.91 Å². The molecular formula is C13H20ClFN2O2. The molecule has 0 radical (unpaired) electrons. The van der Waals surface area contributed by atoms with E-state index in [4.69, 9.17) is 10.5 Å². The Morgan fingerprint density at radius 3 is 2.26 bits per heavy atom. The van der Waals surface area contributed by atoms with Crippen molar-refractivity contribution in [2.24, 2.45) is 5.73 Å². The van der Waals surface area contributed by atoms with E-state index >= 15 is 0 Å². The van der Waals surface area contributed by atoms with Gasteiger partial charge in [-0.25, -0.2) is 4.39 Å². The van der Waals surface area contributed by atoms with E-state index < -0.39 is 6.04 Å². The SMILES string of the molecule is COC(c1ccc(F)cc1)C(C)NC(=O)C(C)N.Cl. The Bertz CT molecular complexity index is 398. The minimum Gasteiger partial charge on any atom is -0.375 e. The van der Waals surface area contributed by atoms with Gasteiger partial charge in [0.1, 0.15) is 11.9 Å². The number of nitrogens with one attached hydrogen (secondary N) is 1. The van der Waals surface area contributed by atoms with Crippen LogP contribution in [-0.2, 0) is 9.53 Å². The van der Waals surface area contributed by atoms with Crippen molar-refractivity contribution in [1.29, 1.82) is 0 Å². The molecule has 19 heavy (non-hydrogen) atoms. The van der Waals surface area contributed by atoms with Crippen LogP contribution in [0.2, 0.25) is 0 Å². The molecule has 6 heteroatoms. The van der Waals surface area contributed by atoms with Gasteiger partial charge in [-0.1, -0.05) is 12.1 Å². The molecule has 0 spiro atoms. The largest absolute Gasteiger partial charge is 0.375 e. The molecule has 0 saturated heterocycles. The Hall–Kier alpha value is -1.17. The predicted octanol–water partition coefficient (Wildman–Crippen LogP) is 1.79. The van der Waals surface area contributed by atoms with Crippen LogP contribution in [0.5, 0.6) is 0 Å². The van der Waals surface area contributed by atoms with E-state index in [2.05, 4.69) is 5.32 Å². The lowest BCUT2D eigenvalue weighted by Crippen LogP contribution is -2.45. The second-order valence-electron chi connectivity index (χ2n) is 4.29. The van der Waals surface area contributed by atoms with E-state index in [-0.39, 0.29) is 36.3 Å². The van der Waals surface area contributed by atoms with Crippen LogP contribution >= 0.6 is 12.4 Å². The molecule has 0 saturated carbocycles. The molecule has 4 nitrogen and oxygen atoms in total. The molecule has 1 rings (SSSR count). The molecule has 3 unspecified atom stereocenters. The quantitative estimate of drug-likeness (QED) is 0.869. The van der Waals surface area contributed by atoms with E-state index in [1.54, 1.807) is 26.2 Å². The standard InChI is InChI=1S/C13H19FN2O2.ClH/c1-8(15)13(17)16-9(2)12(18-3)10-4-6-11(14)7-5-10;/h4-9,12H,15H2,1-3H3,(H,16,17);1H. The fourth-order valence-corrected chi connectivity index (χ4v) is 1.71. The Labute approximate surface area is 118 Å². The second-order valence-corrected chi connectivity index (χ2v) is 4.29. The van der Waals surface area contributed by atoms with Crippen LogP contribution in [0.1, 0.15) is 25.5 Å². The third kappa shape index (κ3) is 5.14. The summed E-state index contributed by atoms with van der Waals surface area (Å²) in [7, 11) is 1.54. The van der Waals surface area contributed by atoms with Crippen LogP contribution in [0.25, 0.3) is 0 Å². The number of halogens is 2. The van der Waals surface area contributed by atoms with Gasteiger partial charge in [-0.3, -0.25) is 4.79 Å². The molecule has 1 amide bonds. The van der Waals surface area contributed by atoms with Gasteiger partial charge in [-0.05, 0) is 31.5 Å². The Morgan fingerprint density at radius 1 is 1.32 bits per heavy atom. The van der Waals surface area contributed by atoms with Crippen molar-refractivity contribution >= 4 is 18.3 Å². The lowest BCUT2D eigenvalue weighted by Gasteiger charge is -2.24. The van der Waals surface area contributed by atoms with E-state index in [9.17, 15) is 9.18 Å². The van der Waals surface area contributed by atoms with Gasteiger partial charge < -0.3 is 15.8 Å². The number of ether oxygens (including phenoxy) is 1. The first-order valence-electron chi connectivity index (χ1n) is 5.80. The second kappa shape index (κ2) is 8.09. The summed E-state index contributed by atoms with van der Waals surface area (Å²) in [4.78, 5) is 11.5. The maximum atomic E-state index is 12.8. The molecule has 3 N–H and O–H groups in total. The normalized spacial score (nSPS) is 15.0. The van der Waals surface area contributed by atoms with Gasteiger partial charge in [-0.15, -0.1) is 12.4 Å². The monoisotopic (exact) mass is 290 g/mol. The Morgan fingerprint density at radius 2 is 1.84 bits per heavy atom. The van der Waals surface area contributed by atoms with Gasteiger partial charge in [0.05, 0.1) is 12.1 Å². The van der Waals surface area contributed by atoms with Gasteiger partial charge in [0.25, 0.3) is 0 Å². The van der Waals surface area contributed by atoms with Crippen molar-refractivity contribution in [1.82, 2.24) is 5.32 Å². The van der Waals surface area contributed by atoms with Crippen molar-refractivity contribution in [3.63, 3.8) is 0 Å². The van der Waals surface area contributed by atoms with Crippen LogP contribution in [0.15, 0.2) is 24.3 Å². The zero-order valence-corrected chi connectivity index (χ0v) is 12.0. The van der Waals surface area contributed by atoms with Gasteiger partial charge >= 0.3 is 0 Å². The van der Waals surface area contributed by atoms with E-state index in [1.807, 2.05) is 6.92 Å². The maximum absolute atomic E-state index is 12.8. The van der Waals surface area contributed by atoms with Crippen LogP contribution in [0.3, 0.4) is 0 Å². The molecule has 0 heterocycles. The maximum Gasteiger partial charge on any atom is 0.236 e. The third-order valence-corrected chi connectivity index (χ3v) is 2.69. The van der Waals surface area contributed by atoms with Gasteiger partial charge in [0.15, 0.2) is 0 Å². The van der Waals surface area contributed by atoms with Crippen LogP contribution in [0.4, 0.5) is 4.39 Å². The summed E-state index contributed by atoms with van der Waals surface area (Å²) < 4.78 is 18.2. The summed E-state index contributed by atoms with van der Waals surface area (Å²) >= 11 is 0. The number of hydrogen-bond acceptors (Lipinski definition) is 3. The highest BCUT2D eigenvalue weighted by molar-refractivity contribution is 5.85. The first kappa shape index (κ1) is 17.8. The van der Waals surface area contributed by atoms with Crippen molar-refractivity contribution in [3.8, 4) is 0 Å². The molecule has 0 bridgehead atoms. The van der Waals surface area contributed by atoms with Crippen LogP contribution in [0, 0.1) is 5.82 Å². The minimum absolute atomic E-state index is 0. The average Bonchev–Trinajstić information content (AvgIpc) is 2.32. The number of carbonyl (C=O) groups excluding carboxylic acids is 1. The highest BCUT2D eigenvalue weighted by atomic mass is 35.5. The van der Waals surface area contributed by atoms with Crippen molar-refractivity contribution in [2.45, 2.75) is 32.0 Å². The zero-order chi connectivity index (χ0) is 13.7. The summed E-state index contributed by atoms with van der Waals surface area (Å²) in [6, 6.07) is 5.18. The lowest BCUT2D eigenvalue weighted by molar-refractivity contribution is -0.123. The van der Waals surface area contributed by atoms with E-state index in [1.165, 1.54) is 12.1 Å². The molecule has 0 fully saturated rings. The Kier molecular flexibility index (Phi) is 7.59. The lowest BCUT2D eigenvalue weighted by atomic mass is 10.0. The number of methoxy groups -OCH3 is 1. The third-order valence-electron chi connectivity index (χ3n) is 2.69. The molecule has 108 valence electrons. The average molecular weight is 291 g/mol. The zero-order valence-electron chi connectivity index (χ0n) is 11.2. The summed E-state index contributed by atoms with van der Waals surface area (Å²) in [6.07, 6.45) is -0.340. The van der Waals surface area contributed by atoms with Crippen molar-refractivity contribution < 1.29 is 13.9 Å². The molecular weight excluding hydrogens is 271 g/mol. The van der Waals surface area contributed by atoms with Gasteiger partial charge in [-0.2, -0.15) is 0 Å². The van der Waals surface area contributed by atoms with Crippen LogP contribution in [-0.4, -0.2) is 25.1 Å². The molecule has 0 aliphatic rings. The summed E-state index contributed by atoms with van der Waals surface area (Å²) in [5.74, 6) is -0.549. The predicted molar refractivity (Wildman–Crippen MR) is 74.7 cm³/mol. The summed E-state index contributed by atoms with van der Waals surface area (Å²) in [6.45, 7) is 3.43. The highest BCUT2D eigenvalue weighted by Crippen LogP contribution is 2.20. The molecule has 1 aromatic rings. The number of rotatable bonds is 5. The molecule has 0 aliphatic heterocycles. The Balaban J connectivity index is 0.00000324. The smallest absolute Gasteiger partial charge is 0.236 e. The van der Waals surface area contributed by atoms with E-state index in [0.717, 1.165) is 5.56 Å². The number of hydrogen-bond donors (Lipinski definition) is 2.